The Balaban J connectivity index is 1.86. The van der Waals surface area contributed by atoms with Crippen molar-refractivity contribution in [2.24, 2.45) is 5.92 Å². The van der Waals surface area contributed by atoms with Crippen LogP contribution in [-0.4, -0.2) is 0 Å². The highest BCUT2D eigenvalue weighted by atomic mass is 79.9. The van der Waals surface area contributed by atoms with Crippen LogP contribution in [-0.2, 0) is 0 Å². The maximum absolute atomic E-state index is 13.0. The third-order valence-corrected chi connectivity index (χ3v) is 4.20. The highest BCUT2D eigenvalue weighted by Crippen LogP contribution is 2.43. The first-order valence-electron chi connectivity index (χ1n) is 6.50. The Labute approximate surface area is 121 Å². The standard InChI is InChI=1S/C16H15BrFN/c17-14-3-1-2-4-15(14)19-16(11-5-6-11)12-7-9-13(18)10-8-12/h1-4,7-11,16,19H,5-6H2. The monoisotopic (exact) mass is 319 g/mol. The van der Waals surface area contributed by atoms with Crippen LogP contribution in [0.3, 0.4) is 0 Å². The van der Waals surface area contributed by atoms with Crippen molar-refractivity contribution in [2.75, 3.05) is 5.32 Å². The van der Waals surface area contributed by atoms with Gasteiger partial charge in [0.1, 0.15) is 5.82 Å². The molecule has 1 saturated carbocycles. The first-order valence-corrected chi connectivity index (χ1v) is 7.30. The van der Waals surface area contributed by atoms with E-state index in [-0.39, 0.29) is 11.9 Å². The largest absolute Gasteiger partial charge is 0.377 e. The van der Waals surface area contributed by atoms with Gasteiger partial charge in [-0.25, -0.2) is 4.39 Å². The third kappa shape index (κ3) is 2.98. The van der Waals surface area contributed by atoms with E-state index in [2.05, 4.69) is 27.3 Å². The summed E-state index contributed by atoms with van der Waals surface area (Å²) >= 11 is 3.56. The molecule has 3 heteroatoms. The van der Waals surface area contributed by atoms with E-state index in [0.29, 0.717) is 5.92 Å². The predicted molar refractivity (Wildman–Crippen MR) is 79.6 cm³/mol. The van der Waals surface area contributed by atoms with Gasteiger partial charge in [-0.3, -0.25) is 0 Å². The molecular weight excluding hydrogens is 305 g/mol. The molecule has 2 aromatic carbocycles. The Morgan fingerprint density at radius 1 is 1.05 bits per heavy atom. The average molecular weight is 320 g/mol. The molecule has 1 unspecified atom stereocenters. The Hall–Kier alpha value is -1.35. The zero-order valence-electron chi connectivity index (χ0n) is 10.4. The fourth-order valence-electron chi connectivity index (χ4n) is 2.32. The number of halogens is 2. The number of para-hydroxylation sites is 1. The Bertz CT molecular complexity index is 563. The van der Waals surface area contributed by atoms with Crippen molar-refractivity contribution >= 4 is 21.6 Å². The van der Waals surface area contributed by atoms with E-state index < -0.39 is 0 Å². The zero-order valence-corrected chi connectivity index (χ0v) is 12.0. The molecule has 1 fully saturated rings. The van der Waals surface area contributed by atoms with E-state index in [0.717, 1.165) is 15.7 Å². The van der Waals surface area contributed by atoms with Crippen LogP contribution in [0.15, 0.2) is 53.0 Å². The fourth-order valence-corrected chi connectivity index (χ4v) is 2.72. The molecule has 1 aliphatic rings. The molecule has 98 valence electrons. The Morgan fingerprint density at radius 2 is 1.74 bits per heavy atom. The second-order valence-electron chi connectivity index (χ2n) is 4.99. The lowest BCUT2D eigenvalue weighted by Gasteiger charge is -2.21. The van der Waals surface area contributed by atoms with Crippen molar-refractivity contribution in [3.63, 3.8) is 0 Å². The lowest BCUT2D eigenvalue weighted by Crippen LogP contribution is -2.13. The molecule has 0 heterocycles. The predicted octanol–water partition coefficient (Wildman–Crippen LogP) is 5.15. The van der Waals surface area contributed by atoms with E-state index in [1.807, 2.05) is 30.3 Å². The molecule has 1 aliphatic carbocycles. The van der Waals surface area contributed by atoms with Crippen molar-refractivity contribution in [2.45, 2.75) is 18.9 Å². The number of hydrogen-bond acceptors (Lipinski definition) is 1. The van der Waals surface area contributed by atoms with Gasteiger partial charge in [0.15, 0.2) is 0 Å². The number of rotatable bonds is 4. The van der Waals surface area contributed by atoms with Crippen LogP contribution < -0.4 is 5.32 Å². The van der Waals surface area contributed by atoms with Crippen LogP contribution in [0.2, 0.25) is 0 Å². The van der Waals surface area contributed by atoms with Crippen molar-refractivity contribution in [1.29, 1.82) is 0 Å². The van der Waals surface area contributed by atoms with Gasteiger partial charge in [0.2, 0.25) is 0 Å². The molecule has 0 aromatic heterocycles. The van der Waals surface area contributed by atoms with Gasteiger partial charge in [0, 0.05) is 10.2 Å². The van der Waals surface area contributed by atoms with Gasteiger partial charge in [-0.1, -0.05) is 24.3 Å². The smallest absolute Gasteiger partial charge is 0.123 e. The van der Waals surface area contributed by atoms with Crippen LogP contribution in [0, 0.1) is 11.7 Å². The van der Waals surface area contributed by atoms with Gasteiger partial charge in [0.05, 0.1) is 6.04 Å². The van der Waals surface area contributed by atoms with Gasteiger partial charge < -0.3 is 5.32 Å². The number of hydrogen-bond donors (Lipinski definition) is 1. The fraction of sp³-hybridized carbons (Fsp3) is 0.250. The molecule has 19 heavy (non-hydrogen) atoms. The van der Waals surface area contributed by atoms with Crippen molar-refractivity contribution in [3.8, 4) is 0 Å². The lowest BCUT2D eigenvalue weighted by atomic mass is 10.0. The topological polar surface area (TPSA) is 12.0 Å². The maximum Gasteiger partial charge on any atom is 0.123 e. The van der Waals surface area contributed by atoms with Crippen molar-refractivity contribution in [3.05, 3.63) is 64.4 Å². The molecule has 3 rings (SSSR count). The summed E-state index contributed by atoms with van der Waals surface area (Å²) in [5.41, 5.74) is 2.24. The summed E-state index contributed by atoms with van der Waals surface area (Å²) in [5, 5.41) is 3.58. The van der Waals surface area contributed by atoms with Crippen molar-refractivity contribution in [1.82, 2.24) is 0 Å². The van der Waals surface area contributed by atoms with Crippen LogP contribution in [0.25, 0.3) is 0 Å². The van der Waals surface area contributed by atoms with Crippen LogP contribution in [0.4, 0.5) is 10.1 Å². The Kier molecular flexibility index (Phi) is 3.56. The first-order chi connectivity index (χ1) is 9.24. The van der Waals surface area contributed by atoms with E-state index in [4.69, 9.17) is 0 Å². The van der Waals surface area contributed by atoms with E-state index >= 15 is 0 Å². The molecule has 0 radical (unpaired) electrons. The van der Waals surface area contributed by atoms with Crippen molar-refractivity contribution < 1.29 is 4.39 Å². The molecule has 1 N–H and O–H groups in total. The van der Waals surface area contributed by atoms with Gasteiger partial charge in [-0.05, 0) is 64.5 Å². The summed E-state index contributed by atoms with van der Waals surface area (Å²) in [4.78, 5) is 0. The summed E-state index contributed by atoms with van der Waals surface area (Å²) in [6, 6.07) is 15.2. The lowest BCUT2D eigenvalue weighted by molar-refractivity contribution is 0.622. The maximum atomic E-state index is 13.0. The SMILES string of the molecule is Fc1ccc(C(Nc2ccccc2Br)C2CC2)cc1. The molecule has 0 aliphatic heterocycles. The van der Waals surface area contributed by atoms with Crippen LogP contribution in [0.1, 0.15) is 24.4 Å². The van der Waals surface area contributed by atoms with E-state index in [1.165, 1.54) is 25.0 Å². The van der Waals surface area contributed by atoms with Gasteiger partial charge >= 0.3 is 0 Å². The molecule has 0 bridgehead atoms. The molecule has 0 amide bonds. The normalized spacial score (nSPS) is 16.1. The minimum atomic E-state index is -0.181. The summed E-state index contributed by atoms with van der Waals surface area (Å²) in [6.45, 7) is 0. The summed E-state index contributed by atoms with van der Waals surface area (Å²) < 4.78 is 14.1. The van der Waals surface area contributed by atoms with Gasteiger partial charge in [-0.2, -0.15) is 0 Å². The summed E-state index contributed by atoms with van der Waals surface area (Å²) in [5.74, 6) is 0.469. The molecule has 2 aromatic rings. The highest BCUT2D eigenvalue weighted by Gasteiger charge is 2.32. The molecule has 0 spiro atoms. The summed E-state index contributed by atoms with van der Waals surface area (Å²) in [6.07, 6.45) is 2.47. The second kappa shape index (κ2) is 5.33. The average Bonchev–Trinajstić information content (AvgIpc) is 3.24. The number of anilines is 1. The molecular formula is C16H15BrFN. The second-order valence-corrected chi connectivity index (χ2v) is 5.85. The molecule has 1 atom stereocenters. The first kappa shape index (κ1) is 12.7. The molecule has 1 nitrogen and oxygen atoms in total. The van der Waals surface area contributed by atoms with E-state index in [1.54, 1.807) is 0 Å². The number of benzene rings is 2. The zero-order chi connectivity index (χ0) is 13.2. The third-order valence-electron chi connectivity index (χ3n) is 3.51. The van der Waals surface area contributed by atoms with Crippen LogP contribution in [0.5, 0.6) is 0 Å². The van der Waals surface area contributed by atoms with Gasteiger partial charge in [-0.15, -0.1) is 0 Å². The molecule has 0 saturated heterocycles. The highest BCUT2D eigenvalue weighted by molar-refractivity contribution is 9.10. The Morgan fingerprint density at radius 3 is 2.37 bits per heavy atom. The quantitative estimate of drug-likeness (QED) is 0.821. The minimum Gasteiger partial charge on any atom is -0.377 e. The van der Waals surface area contributed by atoms with Gasteiger partial charge in [0.25, 0.3) is 0 Å². The van der Waals surface area contributed by atoms with E-state index in [9.17, 15) is 4.39 Å². The number of nitrogens with one attached hydrogen (secondary N) is 1. The van der Waals surface area contributed by atoms with Crippen LogP contribution >= 0.6 is 15.9 Å². The minimum absolute atomic E-state index is 0.181. The summed E-state index contributed by atoms with van der Waals surface area (Å²) in [7, 11) is 0.